The molecule has 0 spiro atoms. The summed E-state index contributed by atoms with van der Waals surface area (Å²) in [7, 11) is 0. The second kappa shape index (κ2) is 4.67. The minimum atomic E-state index is -0.324. The van der Waals surface area contributed by atoms with Gasteiger partial charge in [0.25, 0.3) is 5.91 Å². The predicted octanol–water partition coefficient (Wildman–Crippen LogP) is 1.78. The second-order valence-corrected chi connectivity index (χ2v) is 3.31. The van der Waals surface area contributed by atoms with E-state index in [1.807, 2.05) is 0 Å². The molecule has 2 rings (SSSR count). The lowest BCUT2D eigenvalue weighted by molar-refractivity contribution is 0.102. The highest BCUT2D eigenvalue weighted by atomic mass is 35.5. The Morgan fingerprint density at radius 2 is 2.00 bits per heavy atom. The third-order valence-corrected chi connectivity index (χ3v) is 1.99. The highest BCUT2D eigenvalue weighted by Gasteiger charge is 2.06. The Labute approximate surface area is 96.5 Å². The number of nitrogens with one attached hydrogen (secondary N) is 1. The summed E-state index contributed by atoms with van der Waals surface area (Å²) in [5, 5.41) is 2.91. The SMILES string of the molecule is O=C(Nc1cccc(Cl)n1)c1cncnc1. The summed E-state index contributed by atoms with van der Waals surface area (Å²) in [6, 6.07) is 4.98. The minimum absolute atomic E-state index is 0.321. The van der Waals surface area contributed by atoms with E-state index in [0.29, 0.717) is 16.5 Å². The van der Waals surface area contributed by atoms with Crippen LogP contribution in [0.4, 0.5) is 5.82 Å². The number of amides is 1. The number of rotatable bonds is 2. The Hall–Kier alpha value is -2.01. The van der Waals surface area contributed by atoms with E-state index in [-0.39, 0.29) is 5.91 Å². The van der Waals surface area contributed by atoms with Gasteiger partial charge in [-0.05, 0) is 12.1 Å². The average molecular weight is 235 g/mol. The lowest BCUT2D eigenvalue weighted by Gasteiger charge is -2.03. The molecule has 1 amide bonds. The van der Waals surface area contributed by atoms with E-state index in [2.05, 4.69) is 20.3 Å². The summed E-state index contributed by atoms with van der Waals surface area (Å²) < 4.78 is 0. The molecule has 80 valence electrons. The monoisotopic (exact) mass is 234 g/mol. The highest BCUT2D eigenvalue weighted by Crippen LogP contribution is 2.10. The Kier molecular flexibility index (Phi) is 3.07. The molecular formula is C10H7ClN4O. The molecule has 6 heteroatoms. The molecule has 0 aliphatic rings. The summed E-state index contributed by atoms with van der Waals surface area (Å²) in [5.74, 6) is 0.0664. The zero-order chi connectivity index (χ0) is 11.4. The molecule has 16 heavy (non-hydrogen) atoms. The van der Waals surface area contributed by atoms with Gasteiger partial charge in [-0.15, -0.1) is 0 Å². The summed E-state index contributed by atoms with van der Waals surface area (Å²) >= 11 is 5.69. The van der Waals surface area contributed by atoms with Crippen molar-refractivity contribution in [3.05, 3.63) is 47.6 Å². The summed E-state index contributed by atoms with van der Waals surface area (Å²) in [5.41, 5.74) is 0.365. The molecule has 0 radical (unpaired) electrons. The topological polar surface area (TPSA) is 67.8 Å². The molecule has 5 nitrogen and oxygen atoms in total. The Morgan fingerprint density at radius 3 is 2.69 bits per heavy atom. The zero-order valence-corrected chi connectivity index (χ0v) is 8.85. The third-order valence-electron chi connectivity index (χ3n) is 1.78. The van der Waals surface area contributed by atoms with Crippen molar-refractivity contribution in [1.29, 1.82) is 0 Å². The van der Waals surface area contributed by atoms with Crippen LogP contribution < -0.4 is 5.32 Å². The van der Waals surface area contributed by atoms with Crippen molar-refractivity contribution in [2.24, 2.45) is 0 Å². The van der Waals surface area contributed by atoms with Crippen molar-refractivity contribution in [3.8, 4) is 0 Å². The molecule has 0 bridgehead atoms. The lowest BCUT2D eigenvalue weighted by atomic mass is 10.3. The first kappa shape index (κ1) is 10.5. The van der Waals surface area contributed by atoms with Crippen LogP contribution >= 0.6 is 11.6 Å². The number of aromatic nitrogens is 3. The van der Waals surface area contributed by atoms with Gasteiger partial charge in [0.1, 0.15) is 17.3 Å². The van der Waals surface area contributed by atoms with Crippen molar-refractivity contribution in [2.45, 2.75) is 0 Å². The van der Waals surface area contributed by atoms with Crippen LogP contribution in [0.1, 0.15) is 10.4 Å². The molecule has 0 aromatic carbocycles. The van der Waals surface area contributed by atoms with Crippen molar-refractivity contribution in [3.63, 3.8) is 0 Å². The molecule has 2 aromatic rings. The van der Waals surface area contributed by atoms with E-state index >= 15 is 0 Å². The van der Waals surface area contributed by atoms with Crippen LogP contribution in [-0.2, 0) is 0 Å². The molecule has 2 heterocycles. The van der Waals surface area contributed by atoms with Gasteiger partial charge in [-0.25, -0.2) is 15.0 Å². The number of pyridine rings is 1. The van der Waals surface area contributed by atoms with Gasteiger partial charge in [0.15, 0.2) is 0 Å². The molecule has 0 atom stereocenters. The standard InChI is InChI=1S/C10H7ClN4O/c11-8-2-1-3-9(14-8)15-10(16)7-4-12-6-13-5-7/h1-6H,(H,14,15,16). The van der Waals surface area contributed by atoms with Crippen molar-refractivity contribution < 1.29 is 4.79 Å². The van der Waals surface area contributed by atoms with Crippen molar-refractivity contribution in [2.75, 3.05) is 5.32 Å². The Balaban J connectivity index is 2.14. The Bertz CT molecular complexity index is 503. The first-order valence-corrected chi connectivity index (χ1v) is 4.82. The van der Waals surface area contributed by atoms with Gasteiger partial charge < -0.3 is 5.32 Å². The fourth-order valence-electron chi connectivity index (χ4n) is 1.08. The molecular weight excluding hydrogens is 228 g/mol. The molecule has 1 N–H and O–H groups in total. The van der Waals surface area contributed by atoms with E-state index in [4.69, 9.17) is 11.6 Å². The maximum absolute atomic E-state index is 11.7. The fourth-order valence-corrected chi connectivity index (χ4v) is 1.25. The van der Waals surface area contributed by atoms with Gasteiger partial charge in [-0.2, -0.15) is 0 Å². The van der Waals surface area contributed by atoms with E-state index in [1.165, 1.54) is 18.7 Å². The molecule has 0 saturated heterocycles. The molecule has 0 aliphatic carbocycles. The van der Waals surface area contributed by atoms with Crippen molar-refractivity contribution >= 4 is 23.3 Å². The largest absolute Gasteiger partial charge is 0.306 e. The van der Waals surface area contributed by atoms with Crippen LogP contribution in [0.3, 0.4) is 0 Å². The average Bonchev–Trinajstić information content (AvgIpc) is 2.30. The zero-order valence-electron chi connectivity index (χ0n) is 8.09. The normalized spacial score (nSPS) is 9.81. The van der Waals surface area contributed by atoms with Crippen LogP contribution in [0.25, 0.3) is 0 Å². The summed E-state index contributed by atoms with van der Waals surface area (Å²) in [4.78, 5) is 23.1. The highest BCUT2D eigenvalue weighted by molar-refractivity contribution is 6.29. The fraction of sp³-hybridized carbons (Fsp3) is 0. The third kappa shape index (κ3) is 2.52. The Morgan fingerprint density at radius 1 is 1.25 bits per heavy atom. The number of carbonyl (C=O) groups excluding carboxylic acids is 1. The van der Waals surface area contributed by atoms with Crippen LogP contribution in [0.2, 0.25) is 5.15 Å². The number of carbonyl (C=O) groups is 1. The van der Waals surface area contributed by atoms with Gasteiger partial charge in [0, 0.05) is 12.4 Å². The smallest absolute Gasteiger partial charge is 0.259 e. The number of nitrogens with zero attached hydrogens (tertiary/aromatic N) is 3. The van der Waals surface area contributed by atoms with Crippen LogP contribution in [0, 0.1) is 0 Å². The maximum atomic E-state index is 11.7. The van der Waals surface area contributed by atoms with Crippen LogP contribution in [0.5, 0.6) is 0 Å². The molecule has 2 aromatic heterocycles. The van der Waals surface area contributed by atoms with E-state index in [9.17, 15) is 4.79 Å². The second-order valence-electron chi connectivity index (χ2n) is 2.93. The van der Waals surface area contributed by atoms with Crippen LogP contribution in [0.15, 0.2) is 36.9 Å². The quantitative estimate of drug-likeness (QED) is 0.805. The first-order valence-electron chi connectivity index (χ1n) is 4.44. The maximum Gasteiger partial charge on any atom is 0.259 e. The number of anilines is 1. The van der Waals surface area contributed by atoms with E-state index in [0.717, 1.165) is 0 Å². The minimum Gasteiger partial charge on any atom is -0.306 e. The van der Waals surface area contributed by atoms with Crippen LogP contribution in [-0.4, -0.2) is 20.9 Å². The van der Waals surface area contributed by atoms with Gasteiger partial charge in [0.05, 0.1) is 5.56 Å². The van der Waals surface area contributed by atoms with Gasteiger partial charge >= 0.3 is 0 Å². The van der Waals surface area contributed by atoms with E-state index in [1.54, 1.807) is 18.2 Å². The molecule has 0 unspecified atom stereocenters. The molecule has 0 saturated carbocycles. The van der Waals surface area contributed by atoms with Gasteiger partial charge in [-0.1, -0.05) is 17.7 Å². The molecule has 0 fully saturated rings. The van der Waals surface area contributed by atoms with Crippen molar-refractivity contribution in [1.82, 2.24) is 15.0 Å². The van der Waals surface area contributed by atoms with Gasteiger partial charge in [0.2, 0.25) is 0 Å². The van der Waals surface area contributed by atoms with Gasteiger partial charge in [-0.3, -0.25) is 4.79 Å². The predicted molar refractivity (Wildman–Crippen MR) is 59.2 cm³/mol. The number of hydrogen-bond acceptors (Lipinski definition) is 4. The van der Waals surface area contributed by atoms with E-state index < -0.39 is 0 Å². The lowest BCUT2D eigenvalue weighted by Crippen LogP contribution is -2.13. The summed E-state index contributed by atoms with van der Waals surface area (Å²) in [6.07, 6.45) is 4.20. The first-order chi connectivity index (χ1) is 7.75. The molecule has 0 aliphatic heterocycles. The summed E-state index contributed by atoms with van der Waals surface area (Å²) in [6.45, 7) is 0. The number of hydrogen-bond donors (Lipinski definition) is 1. The number of halogens is 1.